The molecule has 0 radical (unpaired) electrons. The zero-order valence-corrected chi connectivity index (χ0v) is 14.6. The maximum Gasteiger partial charge on any atom is 0.278 e. The van der Waals surface area contributed by atoms with Gasteiger partial charge in [0, 0.05) is 30.4 Å². The van der Waals surface area contributed by atoms with Gasteiger partial charge in [-0.05, 0) is 38.8 Å². The molecule has 1 aliphatic rings. The molecule has 3 aromatic rings. The molecular formula is C18H22N6O. The summed E-state index contributed by atoms with van der Waals surface area (Å²) in [5.41, 5.74) is 2.09. The van der Waals surface area contributed by atoms with E-state index in [2.05, 4.69) is 20.4 Å². The number of anilines is 1. The predicted molar refractivity (Wildman–Crippen MR) is 97.3 cm³/mol. The normalized spacial score (nSPS) is 15.1. The van der Waals surface area contributed by atoms with Crippen LogP contribution in [0.5, 0.6) is 0 Å². The third kappa shape index (κ3) is 2.69. The van der Waals surface area contributed by atoms with Crippen molar-refractivity contribution in [2.45, 2.75) is 45.6 Å². The lowest BCUT2D eigenvalue weighted by Crippen LogP contribution is -2.28. The van der Waals surface area contributed by atoms with E-state index < -0.39 is 0 Å². The molecule has 1 fully saturated rings. The highest BCUT2D eigenvalue weighted by atomic mass is 16.1. The van der Waals surface area contributed by atoms with Crippen molar-refractivity contribution in [3.8, 4) is 5.69 Å². The molecule has 3 heterocycles. The van der Waals surface area contributed by atoms with E-state index in [1.165, 1.54) is 0 Å². The molecule has 4 rings (SSSR count). The monoisotopic (exact) mass is 338 g/mol. The molecule has 1 N–H and O–H groups in total. The van der Waals surface area contributed by atoms with E-state index in [1.54, 1.807) is 17.1 Å². The highest BCUT2D eigenvalue weighted by molar-refractivity contribution is 5.81. The Morgan fingerprint density at radius 2 is 2.08 bits per heavy atom. The van der Waals surface area contributed by atoms with Crippen LogP contribution in [0.3, 0.4) is 0 Å². The zero-order valence-electron chi connectivity index (χ0n) is 14.6. The second-order valence-electron chi connectivity index (χ2n) is 6.49. The molecule has 1 aliphatic carbocycles. The van der Waals surface area contributed by atoms with Crippen LogP contribution in [-0.4, -0.2) is 30.9 Å². The van der Waals surface area contributed by atoms with Crippen molar-refractivity contribution in [3.05, 3.63) is 40.6 Å². The summed E-state index contributed by atoms with van der Waals surface area (Å²) in [6, 6.07) is 3.87. The minimum atomic E-state index is -0.0383. The van der Waals surface area contributed by atoms with Crippen LogP contribution < -0.4 is 10.9 Å². The molecule has 0 bridgehead atoms. The van der Waals surface area contributed by atoms with Gasteiger partial charge in [-0.3, -0.25) is 9.36 Å². The van der Waals surface area contributed by atoms with Gasteiger partial charge in [0.05, 0.1) is 5.69 Å². The topological polar surface area (TPSA) is 77.6 Å². The first-order chi connectivity index (χ1) is 12.2. The zero-order chi connectivity index (χ0) is 17.4. The summed E-state index contributed by atoms with van der Waals surface area (Å²) in [4.78, 5) is 22.5. The van der Waals surface area contributed by atoms with E-state index in [4.69, 9.17) is 0 Å². The van der Waals surface area contributed by atoms with Gasteiger partial charge in [0.1, 0.15) is 11.3 Å². The van der Waals surface area contributed by atoms with Crippen molar-refractivity contribution >= 4 is 17.0 Å². The van der Waals surface area contributed by atoms with Crippen LogP contribution >= 0.6 is 0 Å². The molecule has 0 unspecified atom stereocenters. The van der Waals surface area contributed by atoms with Crippen molar-refractivity contribution < 1.29 is 0 Å². The van der Waals surface area contributed by atoms with Crippen LogP contribution in [0, 0.1) is 6.92 Å². The molecule has 1 saturated carbocycles. The molecule has 0 aromatic carbocycles. The van der Waals surface area contributed by atoms with Gasteiger partial charge in [-0.15, -0.1) is 0 Å². The maximum absolute atomic E-state index is 13.3. The van der Waals surface area contributed by atoms with Crippen LogP contribution in [0.4, 0.5) is 5.95 Å². The second-order valence-corrected chi connectivity index (χ2v) is 6.49. The lowest BCUT2D eigenvalue weighted by Gasteiger charge is -2.19. The van der Waals surface area contributed by atoms with Crippen molar-refractivity contribution in [1.29, 1.82) is 0 Å². The number of rotatable bonds is 4. The van der Waals surface area contributed by atoms with E-state index in [-0.39, 0.29) is 11.6 Å². The molecule has 130 valence electrons. The highest BCUT2D eigenvalue weighted by Gasteiger charge is 2.24. The molecule has 3 aromatic heterocycles. The number of aryl methyl sites for hydroxylation is 1. The van der Waals surface area contributed by atoms with Crippen LogP contribution in [0.1, 0.15) is 44.3 Å². The minimum Gasteiger partial charge on any atom is -0.354 e. The number of nitrogens with zero attached hydrogens (tertiary/aromatic N) is 5. The van der Waals surface area contributed by atoms with Gasteiger partial charge >= 0.3 is 0 Å². The van der Waals surface area contributed by atoms with E-state index in [9.17, 15) is 4.79 Å². The minimum absolute atomic E-state index is 0.0383. The maximum atomic E-state index is 13.3. The van der Waals surface area contributed by atoms with Gasteiger partial charge in [0.25, 0.3) is 5.56 Å². The first-order valence-electron chi connectivity index (χ1n) is 8.87. The van der Waals surface area contributed by atoms with Gasteiger partial charge in [0.2, 0.25) is 5.95 Å². The molecular weight excluding hydrogens is 316 g/mol. The summed E-state index contributed by atoms with van der Waals surface area (Å²) in [5, 5.41) is 8.31. The molecule has 0 atom stereocenters. The Bertz CT molecular complexity index is 954. The number of pyridine rings is 1. The molecule has 0 saturated heterocycles. The van der Waals surface area contributed by atoms with E-state index in [0.29, 0.717) is 11.6 Å². The van der Waals surface area contributed by atoms with Gasteiger partial charge in [-0.2, -0.15) is 10.1 Å². The predicted octanol–water partition coefficient (Wildman–Crippen LogP) is 2.83. The number of fused-ring (bicyclic) bond motifs is 1. The third-order valence-electron chi connectivity index (χ3n) is 4.84. The summed E-state index contributed by atoms with van der Waals surface area (Å²) in [5.74, 6) is 0.575. The fourth-order valence-electron chi connectivity index (χ4n) is 3.65. The summed E-state index contributed by atoms with van der Waals surface area (Å²) < 4.78 is 3.50. The Labute approximate surface area is 145 Å². The van der Waals surface area contributed by atoms with Gasteiger partial charge in [-0.25, -0.2) is 9.67 Å². The first kappa shape index (κ1) is 15.8. The Morgan fingerprint density at radius 1 is 1.28 bits per heavy atom. The van der Waals surface area contributed by atoms with Gasteiger partial charge < -0.3 is 5.32 Å². The largest absolute Gasteiger partial charge is 0.354 e. The number of nitrogens with one attached hydrogen (secondary N) is 1. The highest BCUT2D eigenvalue weighted by Crippen LogP contribution is 2.31. The Balaban J connectivity index is 2.04. The van der Waals surface area contributed by atoms with E-state index in [0.717, 1.165) is 49.0 Å². The second kappa shape index (κ2) is 6.31. The van der Waals surface area contributed by atoms with Crippen molar-refractivity contribution in [2.24, 2.45) is 0 Å². The van der Waals surface area contributed by atoms with Crippen LogP contribution in [0.15, 0.2) is 29.3 Å². The fraction of sp³-hybridized carbons (Fsp3) is 0.444. The average molecular weight is 338 g/mol. The quantitative estimate of drug-likeness (QED) is 0.791. The van der Waals surface area contributed by atoms with Crippen molar-refractivity contribution in [2.75, 3.05) is 11.9 Å². The smallest absolute Gasteiger partial charge is 0.278 e. The molecule has 25 heavy (non-hydrogen) atoms. The van der Waals surface area contributed by atoms with Crippen LogP contribution in [0.25, 0.3) is 16.7 Å². The van der Waals surface area contributed by atoms with E-state index >= 15 is 0 Å². The SMILES string of the molecule is CCNc1nc(C)c2cc(-n3cccn3)c(=O)n(C3CCCC3)c2n1. The van der Waals surface area contributed by atoms with Crippen molar-refractivity contribution in [1.82, 2.24) is 24.3 Å². The molecule has 0 amide bonds. The fourth-order valence-corrected chi connectivity index (χ4v) is 3.65. The molecule has 7 nitrogen and oxygen atoms in total. The number of hydrogen-bond acceptors (Lipinski definition) is 5. The molecule has 0 spiro atoms. The third-order valence-corrected chi connectivity index (χ3v) is 4.84. The van der Waals surface area contributed by atoms with Crippen LogP contribution in [0.2, 0.25) is 0 Å². The Kier molecular flexibility index (Phi) is 3.99. The van der Waals surface area contributed by atoms with Crippen LogP contribution in [-0.2, 0) is 0 Å². The first-order valence-corrected chi connectivity index (χ1v) is 8.87. The summed E-state index contributed by atoms with van der Waals surface area (Å²) >= 11 is 0. The molecule has 0 aliphatic heterocycles. The Hall–Kier alpha value is -2.70. The number of aromatic nitrogens is 5. The summed E-state index contributed by atoms with van der Waals surface area (Å²) in [6.45, 7) is 4.71. The average Bonchev–Trinajstić information content (AvgIpc) is 3.28. The lowest BCUT2D eigenvalue weighted by atomic mass is 10.2. The van der Waals surface area contributed by atoms with Gasteiger partial charge in [-0.1, -0.05) is 12.8 Å². The summed E-state index contributed by atoms with van der Waals surface area (Å²) in [6.07, 6.45) is 7.80. The number of hydrogen-bond donors (Lipinski definition) is 1. The van der Waals surface area contributed by atoms with Gasteiger partial charge in [0.15, 0.2) is 0 Å². The van der Waals surface area contributed by atoms with Crippen molar-refractivity contribution in [3.63, 3.8) is 0 Å². The standard InChI is InChI=1S/C18H22N6O/c1-3-19-18-21-12(2)14-11-15(23-10-6-9-20-23)17(25)24(16(14)22-18)13-7-4-5-8-13/h6,9-11,13H,3-5,7-8H2,1-2H3,(H,19,21,22). The summed E-state index contributed by atoms with van der Waals surface area (Å²) in [7, 11) is 0. The lowest BCUT2D eigenvalue weighted by molar-refractivity contribution is 0.513. The van der Waals surface area contributed by atoms with E-state index in [1.807, 2.05) is 30.5 Å². The Morgan fingerprint density at radius 3 is 2.76 bits per heavy atom. The molecule has 7 heteroatoms.